The van der Waals surface area contributed by atoms with Crippen LogP contribution in [0, 0.1) is 23.5 Å². The van der Waals surface area contributed by atoms with E-state index >= 15 is 0 Å². The summed E-state index contributed by atoms with van der Waals surface area (Å²) >= 11 is 0. The van der Waals surface area contributed by atoms with E-state index in [0.29, 0.717) is 5.92 Å². The molecule has 2 rings (SSSR count). The molecule has 2 atom stereocenters. The fourth-order valence-corrected chi connectivity index (χ4v) is 3.94. The number of aliphatic hydroxyl groups is 1. The summed E-state index contributed by atoms with van der Waals surface area (Å²) in [6.07, 6.45) is 3.07. The van der Waals surface area contributed by atoms with Crippen LogP contribution in [-0.4, -0.2) is 20.1 Å². The zero-order valence-electron chi connectivity index (χ0n) is 11.8. The van der Waals surface area contributed by atoms with Gasteiger partial charge in [0.25, 0.3) is 0 Å². The molecule has 1 aliphatic rings. The van der Waals surface area contributed by atoms with Crippen molar-refractivity contribution in [2.24, 2.45) is 11.8 Å². The lowest BCUT2D eigenvalue weighted by Gasteiger charge is -2.16. The third-order valence-corrected chi connectivity index (χ3v) is 5.61. The molecular formula is C14H19F2NO3S. The van der Waals surface area contributed by atoms with Crippen molar-refractivity contribution in [2.75, 3.05) is 6.54 Å². The van der Waals surface area contributed by atoms with Crippen molar-refractivity contribution >= 4 is 10.0 Å². The Bertz CT molecular complexity index is 619. The summed E-state index contributed by atoms with van der Waals surface area (Å²) in [5.74, 6) is -1.53. The van der Waals surface area contributed by atoms with E-state index in [0.717, 1.165) is 31.4 Å². The van der Waals surface area contributed by atoms with E-state index in [2.05, 4.69) is 11.6 Å². The van der Waals surface area contributed by atoms with Crippen LogP contribution in [0.4, 0.5) is 8.78 Å². The van der Waals surface area contributed by atoms with Gasteiger partial charge in [0.05, 0.1) is 12.2 Å². The largest absolute Gasteiger partial charge is 0.391 e. The summed E-state index contributed by atoms with van der Waals surface area (Å²) in [5, 5.41) is 8.93. The van der Waals surface area contributed by atoms with E-state index in [1.807, 2.05) is 0 Å². The molecule has 0 spiro atoms. The molecular weight excluding hydrogens is 300 g/mol. The molecule has 2 unspecified atom stereocenters. The van der Waals surface area contributed by atoms with Crippen molar-refractivity contribution in [1.29, 1.82) is 0 Å². The van der Waals surface area contributed by atoms with Crippen molar-refractivity contribution < 1.29 is 22.3 Å². The van der Waals surface area contributed by atoms with Gasteiger partial charge in [-0.15, -0.1) is 0 Å². The Morgan fingerprint density at radius 2 is 2.05 bits per heavy atom. The van der Waals surface area contributed by atoms with Gasteiger partial charge >= 0.3 is 0 Å². The SMILES string of the molecule is CC1CCCC1CNS(=O)(=O)c1ccc(F)c(CO)c1F. The van der Waals surface area contributed by atoms with Crippen molar-refractivity contribution in [2.45, 2.75) is 37.7 Å². The average molecular weight is 319 g/mol. The third-order valence-electron chi connectivity index (χ3n) is 4.17. The molecule has 1 aromatic carbocycles. The van der Waals surface area contributed by atoms with Gasteiger partial charge in [-0.3, -0.25) is 0 Å². The van der Waals surface area contributed by atoms with Gasteiger partial charge < -0.3 is 5.11 Å². The van der Waals surface area contributed by atoms with Crippen LogP contribution >= 0.6 is 0 Å². The zero-order chi connectivity index (χ0) is 15.6. The third kappa shape index (κ3) is 3.41. The standard InChI is InChI=1S/C14H19F2NO3S/c1-9-3-2-4-10(9)7-17-21(19,20)13-6-5-12(15)11(8-18)14(13)16/h5-6,9-10,17-18H,2-4,7-8H2,1H3. The molecule has 21 heavy (non-hydrogen) atoms. The number of sulfonamides is 1. The van der Waals surface area contributed by atoms with Crippen LogP contribution < -0.4 is 4.72 Å². The Morgan fingerprint density at radius 1 is 1.33 bits per heavy atom. The molecule has 1 aromatic rings. The Kier molecular flexibility index (Phi) is 4.95. The van der Waals surface area contributed by atoms with Gasteiger partial charge in [0.2, 0.25) is 10.0 Å². The zero-order valence-corrected chi connectivity index (χ0v) is 12.6. The minimum absolute atomic E-state index is 0.237. The number of rotatable bonds is 5. The first-order valence-electron chi connectivity index (χ1n) is 6.94. The Morgan fingerprint density at radius 3 is 2.62 bits per heavy atom. The van der Waals surface area contributed by atoms with Crippen molar-refractivity contribution in [1.82, 2.24) is 4.72 Å². The summed E-state index contributed by atoms with van der Waals surface area (Å²) in [7, 11) is -4.05. The molecule has 0 aromatic heterocycles. The van der Waals surface area contributed by atoms with Gasteiger partial charge in [0, 0.05) is 6.54 Å². The molecule has 1 fully saturated rings. The maximum Gasteiger partial charge on any atom is 0.243 e. The first-order chi connectivity index (χ1) is 9.86. The molecule has 0 radical (unpaired) electrons. The number of hydrogen-bond donors (Lipinski definition) is 2. The summed E-state index contributed by atoms with van der Waals surface area (Å²) < 4.78 is 53.9. The van der Waals surface area contributed by atoms with Crippen LogP contribution in [-0.2, 0) is 16.6 Å². The monoisotopic (exact) mass is 319 g/mol. The van der Waals surface area contributed by atoms with Gasteiger partial charge in [-0.25, -0.2) is 21.9 Å². The van der Waals surface area contributed by atoms with Gasteiger partial charge in [-0.1, -0.05) is 19.8 Å². The van der Waals surface area contributed by atoms with E-state index in [1.54, 1.807) is 0 Å². The number of halogens is 2. The second-order valence-corrected chi connectivity index (χ2v) is 7.25. The van der Waals surface area contributed by atoms with Crippen LogP contribution in [0.3, 0.4) is 0 Å². The first kappa shape index (κ1) is 16.3. The van der Waals surface area contributed by atoms with Gasteiger partial charge in [0.15, 0.2) is 5.82 Å². The lowest BCUT2D eigenvalue weighted by atomic mass is 9.99. The Balaban J connectivity index is 2.20. The lowest BCUT2D eigenvalue weighted by Crippen LogP contribution is -2.31. The van der Waals surface area contributed by atoms with E-state index in [4.69, 9.17) is 5.11 Å². The first-order valence-corrected chi connectivity index (χ1v) is 8.42. The molecule has 0 saturated heterocycles. The smallest absolute Gasteiger partial charge is 0.243 e. The average Bonchev–Trinajstić information content (AvgIpc) is 2.82. The summed E-state index contributed by atoms with van der Waals surface area (Å²) in [5.41, 5.74) is -0.632. The van der Waals surface area contributed by atoms with Crippen molar-refractivity contribution in [3.8, 4) is 0 Å². The number of aliphatic hydroxyl groups excluding tert-OH is 1. The number of nitrogens with one attached hydrogen (secondary N) is 1. The molecule has 0 bridgehead atoms. The van der Waals surface area contributed by atoms with E-state index < -0.39 is 38.7 Å². The van der Waals surface area contributed by atoms with Crippen molar-refractivity contribution in [3.05, 3.63) is 29.3 Å². The summed E-state index contributed by atoms with van der Waals surface area (Å²) in [4.78, 5) is -0.626. The molecule has 2 N–H and O–H groups in total. The molecule has 4 nitrogen and oxygen atoms in total. The normalized spacial score (nSPS) is 22.7. The second-order valence-electron chi connectivity index (χ2n) is 5.52. The topological polar surface area (TPSA) is 66.4 Å². The highest BCUT2D eigenvalue weighted by Gasteiger charge is 2.27. The predicted molar refractivity (Wildman–Crippen MR) is 74.0 cm³/mol. The fourth-order valence-electron chi connectivity index (χ4n) is 2.75. The van der Waals surface area contributed by atoms with E-state index in [1.165, 1.54) is 0 Å². The predicted octanol–water partition coefficient (Wildman–Crippen LogP) is 2.17. The Labute approximate surface area is 123 Å². The van der Waals surface area contributed by atoms with Crippen LogP contribution in [0.2, 0.25) is 0 Å². The maximum atomic E-state index is 14.0. The van der Waals surface area contributed by atoms with Crippen LogP contribution in [0.15, 0.2) is 17.0 Å². The summed E-state index contributed by atoms with van der Waals surface area (Å²) in [6, 6.07) is 1.73. The van der Waals surface area contributed by atoms with Crippen LogP contribution in [0.5, 0.6) is 0 Å². The van der Waals surface area contributed by atoms with Crippen LogP contribution in [0.25, 0.3) is 0 Å². The highest BCUT2D eigenvalue weighted by atomic mass is 32.2. The van der Waals surface area contributed by atoms with Gasteiger partial charge in [-0.05, 0) is 30.4 Å². The fraction of sp³-hybridized carbons (Fsp3) is 0.571. The minimum atomic E-state index is -4.05. The number of hydrogen-bond acceptors (Lipinski definition) is 3. The Hall–Kier alpha value is -1.05. The van der Waals surface area contributed by atoms with Gasteiger partial charge in [0.1, 0.15) is 10.7 Å². The quantitative estimate of drug-likeness (QED) is 0.874. The maximum absolute atomic E-state index is 14.0. The molecule has 1 aliphatic carbocycles. The molecule has 0 amide bonds. The number of benzene rings is 1. The molecule has 1 saturated carbocycles. The molecule has 0 heterocycles. The van der Waals surface area contributed by atoms with Gasteiger partial charge in [-0.2, -0.15) is 0 Å². The molecule has 0 aliphatic heterocycles. The highest BCUT2D eigenvalue weighted by Crippen LogP contribution is 2.31. The minimum Gasteiger partial charge on any atom is -0.391 e. The second kappa shape index (κ2) is 6.37. The summed E-state index contributed by atoms with van der Waals surface area (Å²) in [6.45, 7) is 1.42. The van der Waals surface area contributed by atoms with E-state index in [9.17, 15) is 17.2 Å². The molecule has 7 heteroatoms. The lowest BCUT2D eigenvalue weighted by molar-refractivity contribution is 0.267. The van der Waals surface area contributed by atoms with Crippen molar-refractivity contribution in [3.63, 3.8) is 0 Å². The van der Waals surface area contributed by atoms with Crippen LogP contribution in [0.1, 0.15) is 31.7 Å². The molecule has 118 valence electrons. The van der Waals surface area contributed by atoms with E-state index in [-0.39, 0.29) is 12.5 Å². The highest BCUT2D eigenvalue weighted by molar-refractivity contribution is 7.89.